The van der Waals surface area contributed by atoms with E-state index in [1.807, 2.05) is 24.0 Å². The van der Waals surface area contributed by atoms with E-state index in [0.29, 0.717) is 6.54 Å². The molecule has 0 radical (unpaired) electrons. The molecule has 1 saturated heterocycles. The number of benzene rings is 1. The van der Waals surface area contributed by atoms with Crippen molar-refractivity contribution in [3.63, 3.8) is 0 Å². The molecular formula is C16H25N3O2. The van der Waals surface area contributed by atoms with Gasteiger partial charge in [-0.05, 0) is 43.8 Å². The molecule has 1 heterocycles. The molecule has 0 aromatic heterocycles. The van der Waals surface area contributed by atoms with Crippen molar-refractivity contribution in [3.05, 3.63) is 29.3 Å². The first-order chi connectivity index (χ1) is 10.1. The van der Waals surface area contributed by atoms with E-state index < -0.39 is 0 Å². The van der Waals surface area contributed by atoms with Crippen LogP contribution in [-0.2, 0) is 4.79 Å². The Morgan fingerprint density at radius 3 is 2.86 bits per heavy atom. The number of hydrogen-bond acceptors (Lipinski definition) is 4. The molecule has 5 heteroatoms. The minimum Gasteiger partial charge on any atom is -0.496 e. The highest BCUT2D eigenvalue weighted by molar-refractivity contribution is 5.81. The van der Waals surface area contributed by atoms with Crippen molar-refractivity contribution in [1.29, 1.82) is 0 Å². The molecule has 1 unspecified atom stereocenters. The molecule has 1 N–H and O–H groups in total. The number of aryl methyl sites for hydroxylation is 1. The molecule has 1 fully saturated rings. The predicted molar refractivity (Wildman–Crippen MR) is 83.4 cm³/mol. The number of likely N-dealkylation sites (N-methyl/N-ethyl adjacent to an activating group) is 1. The van der Waals surface area contributed by atoms with Gasteiger partial charge in [-0.1, -0.05) is 13.0 Å². The van der Waals surface area contributed by atoms with Crippen LogP contribution in [0, 0.1) is 6.92 Å². The van der Waals surface area contributed by atoms with Crippen molar-refractivity contribution < 1.29 is 9.53 Å². The van der Waals surface area contributed by atoms with Gasteiger partial charge in [0, 0.05) is 13.1 Å². The Morgan fingerprint density at radius 2 is 2.24 bits per heavy atom. The Hall–Kier alpha value is -1.59. The van der Waals surface area contributed by atoms with Crippen LogP contribution in [0.15, 0.2) is 18.2 Å². The van der Waals surface area contributed by atoms with E-state index in [2.05, 4.69) is 30.3 Å². The topological polar surface area (TPSA) is 44.8 Å². The number of hydrogen-bond donors (Lipinski definition) is 1. The Morgan fingerprint density at radius 1 is 1.48 bits per heavy atom. The number of nitrogens with zero attached hydrogens (tertiary/aromatic N) is 2. The van der Waals surface area contributed by atoms with Gasteiger partial charge >= 0.3 is 0 Å². The largest absolute Gasteiger partial charge is 0.496 e. The summed E-state index contributed by atoms with van der Waals surface area (Å²) >= 11 is 0. The first-order valence-corrected chi connectivity index (χ1v) is 7.42. The second kappa shape index (κ2) is 6.91. The maximum Gasteiger partial charge on any atom is 0.238 e. The van der Waals surface area contributed by atoms with Gasteiger partial charge in [-0.2, -0.15) is 0 Å². The summed E-state index contributed by atoms with van der Waals surface area (Å²) in [5.74, 6) is 1.04. The molecule has 1 aromatic carbocycles. The third-order valence-corrected chi connectivity index (χ3v) is 4.08. The quantitative estimate of drug-likeness (QED) is 0.860. The highest BCUT2D eigenvalue weighted by Gasteiger charge is 2.31. The first kappa shape index (κ1) is 15.8. The maximum absolute atomic E-state index is 12.1. The molecule has 0 bridgehead atoms. The second-order valence-corrected chi connectivity index (χ2v) is 5.50. The Bertz CT molecular complexity index is 504. The van der Waals surface area contributed by atoms with Gasteiger partial charge in [0.25, 0.3) is 0 Å². The molecule has 2 rings (SSSR count). The minimum absolute atomic E-state index is 0.0348. The standard InChI is InChI=1S/C16H25N3O2/c1-5-18(3)8-9-19-15(20)11-17-16(19)13-6-7-14(21-4)12(2)10-13/h6-7,10,16-17H,5,8-9,11H2,1-4H3. The molecule has 1 amide bonds. The molecule has 21 heavy (non-hydrogen) atoms. The van der Waals surface area contributed by atoms with Crippen LogP contribution in [0.2, 0.25) is 0 Å². The predicted octanol–water partition coefficient (Wildman–Crippen LogP) is 1.39. The van der Waals surface area contributed by atoms with Gasteiger partial charge in [0.15, 0.2) is 0 Å². The zero-order valence-electron chi connectivity index (χ0n) is 13.3. The third kappa shape index (κ3) is 3.54. The van der Waals surface area contributed by atoms with Crippen molar-refractivity contribution in [3.8, 4) is 5.75 Å². The zero-order valence-corrected chi connectivity index (χ0v) is 13.3. The first-order valence-electron chi connectivity index (χ1n) is 7.42. The highest BCUT2D eigenvalue weighted by atomic mass is 16.5. The summed E-state index contributed by atoms with van der Waals surface area (Å²) in [5.41, 5.74) is 2.19. The monoisotopic (exact) mass is 291 g/mol. The maximum atomic E-state index is 12.1. The van der Waals surface area contributed by atoms with Crippen LogP contribution in [0.5, 0.6) is 5.75 Å². The van der Waals surface area contributed by atoms with Gasteiger partial charge in [-0.15, -0.1) is 0 Å². The van der Waals surface area contributed by atoms with Gasteiger partial charge in [0.2, 0.25) is 5.91 Å². The Balaban J connectivity index is 2.13. The van der Waals surface area contributed by atoms with E-state index in [-0.39, 0.29) is 12.1 Å². The van der Waals surface area contributed by atoms with E-state index in [4.69, 9.17) is 4.74 Å². The van der Waals surface area contributed by atoms with Crippen molar-refractivity contribution in [2.75, 3.05) is 40.3 Å². The average molecular weight is 291 g/mol. The summed E-state index contributed by atoms with van der Waals surface area (Å²) in [6, 6.07) is 6.08. The number of carbonyl (C=O) groups excluding carboxylic acids is 1. The van der Waals surface area contributed by atoms with E-state index in [0.717, 1.165) is 36.5 Å². The van der Waals surface area contributed by atoms with Crippen LogP contribution in [0.1, 0.15) is 24.2 Å². The molecule has 0 aliphatic carbocycles. The fourth-order valence-corrected chi connectivity index (χ4v) is 2.60. The number of nitrogens with one attached hydrogen (secondary N) is 1. The second-order valence-electron chi connectivity index (χ2n) is 5.50. The van der Waals surface area contributed by atoms with E-state index in [1.165, 1.54) is 0 Å². The van der Waals surface area contributed by atoms with Crippen LogP contribution < -0.4 is 10.1 Å². The fraction of sp³-hybridized carbons (Fsp3) is 0.562. The smallest absolute Gasteiger partial charge is 0.238 e. The molecular weight excluding hydrogens is 266 g/mol. The highest BCUT2D eigenvalue weighted by Crippen LogP contribution is 2.26. The van der Waals surface area contributed by atoms with Gasteiger partial charge in [-0.25, -0.2) is 0 Å². The Labute approximate surface area is 126 Å². The molecule has 116 valence electrons. The van der Waals surface area contributed by atoms with Crippen LogP contribution in [0.3, 0.4) is 0 Å². The van der Waals surface area contributed by atoms with Crippen molar-refractivity contribution in [2.45, 2.75) is 20.0 Å². The molecule has 1 aliphatic rings. The molecule has 1 atom stereocenters. The van der Waals surface area contributed by atoms with Crippen molar-refractivity contribution >= 4 is 5.91 Å². The van der Waals surface area contributed by atoms with Crippen molar-refractivity contribution in [1.82, 2.24) is 15.1 Å². The van der Waals surface area contributed by atoms with Crippen LogP contribution >= 0.6 is 0 Å². The summed E-state index contributed by atoms with van der Waals surface area (Å²) in [6.07, 6.45) is -0.0348. The van der Waals surface area contributed by atoms with Crippen molar-refractivity contribution in [2.24, 2.45) is 0 Å². The summed E-state index contributed by atoms with van der Waals surface area (Å²) < 4.78 is 5.30. The molecule has 0 saturated carbocycles. The lowest BCUT2D eigenvalue weighted by Gasteiger charge is -2.27. The van der Waals surface area contributed by atoms with E-state index in [1.54, 1.807) is 7.11 Å². The van der Waals surface area contributed by atoms with Crippen LogP contribution in [-0.4, -0.2) is 56.0 Å². The van der Waals surface area contributed by atoms with E-state index >= 15 is 0 Å². The molecule has 1 aliphatic heterocycles. The summed E-state index contributed by atoms with van der Waals surface area (Å²) in [7, 11) is 3.74. The van der Waals surface area contributed by atoms with E-state index in [9.17, 15) is 4.79 Å². The average Bonchev–Trinajstić information content (AvgIpc) is 2.85. The molecule has 0 spiro atoms. The molecule has 1 aromatic rings. The van der Waals surface area contributed by atoms with Gasteiger partial charge in [-0.3, -0.25) is 10.1 Å². The van der Waals surface area contributed by atoms with Crippen LogP contribution in [0.4, 0.5) is 0 Å². The van der Waals surface area contributed by atoms with Gasteiger partial charge < -0.3 is 14.5 Å². The van der Waals surface area contributed by atoms with Gasteiger partial charge in [0.1, 0.15) is 11.9 Å². The minimum atomic E-state index is -0.0348. The lowest BCUT2D eigenvalue weighted by atomic mass is 10.1. The number of methoxy groups -OCH3 is 1. The fourth-order valence-electron chi connectivity index (χ4n) is 2.60. The number of ether oxygens (including phenoxy) is 1. The Kier molecular flexibility index (Phi) is 5.20. The van der Waals surface area contributed by atoms with Crippen LogP contribution in [0.25, 0.3) is 0 Å². The normalized spacial score (nSPS) is 18.6. The van der Waals surface area contributed by atoms with Gasteiger partial charge in [0.05, 0.1) is 13.7 Å². The lowest BCUT2D eigenvalue weighted by molar-refractivity contribution is -0.128. The summed E-state index contributed by atoms with van der Waals surface area (Å²) in [6.45, 7) is 7.16. The summed E-state index contributed by atoms with van der Waals surface area (Å²) in [5, 5.41) is 3.30. The molecule has 5 nitrogen and oxygen atoms in total. The number of rotatable bonds is 6. The zero-order chi connectivity index (χ0) is 15.4. The number of carbonyl (C=O) groups is 1. The SMILES string of the molecule is CCN(C)CCN1C(=O)CNC1c1ccc(OC)c(C)c1. The third-order valence-electron chi connectivity index (χ3n) is 4.08. The summed E-state index contributed by atoms with van der Waals surface area (Å²) in [4.78, 5) is 16.2. The lowest BCUT2D eigenvalue weighted by Crippen LogP contribution is -2.37. The number of amides is 1.